The highest BCUT2D eigenvalue weighted by atomic mass is 16.5. The maximum Gasteiger partial charge on any atom is 0.246 e. The van der Waals surface area contributed by atoms with Crippen LogP contribution in [0.5, 0.6) is 0 Å². The van der Waals surface area contributed by atoms with Gasteiger partial charge in [0.05, 0.1) is 75.7 Å². The lowest BCUT2D eigenvalue weighted by Gasteiger charge is -2.27. The predicted octanol–water partition coefficient (Wildman–Crippen LogP) is 1.89. The Hall–Kier alpha value is -4.10. The summed E-state index contributed by atoms with van der Waals surface area (Å²) in [7, 11) is 0. The molecular weight excluding hydrogens is 801 g/mol. The van der Waals surface area contributed by atoms with E-state index in [0.29, 0.717) is 51.7 Å². The van der Waals surface area contributed by atoms with Gasteiger partial charge in [0.15, 0.2) is 17.3 Å². The molecule has 2 aromatic rings. The standard InChI is InChI=1S/C45H74N6O11/c1-7-12-39(54)38(23-32-26-48-36-14-9-8-13-34(32)36)50-45(59)35(31(6)53)25-41(56)43(29(2)3)51-44(58)33(27-52)24-40(55)37(15-10-11-16-46)49-42(57)28-62-22-21-61-20-19-60-18-17-47-30(4)5/h8-9,13-14,26,29-31,33,35,37-38,43,47-48,52-53H,7,10-12,15-25,27-28,46H2,1-6H3,(H,49,57)(H,50,59)(H,51,58)/t31-,33+,35+,37+,38+,43+/m1/s1. The molecule has 6 atom stereocenters. The Morgan fingerprint density at radius 1 is 0.790 bits per heavy atom. The summed E-state index contributed by atoms with van der Waals surface area (Å²) in [6.45, 7) is 12.6. The second-order valence-electron chi connectivity index (χ2n) is 16.4. The fourth-order valence-corrected chi connectivity index (χ4v) is 6.87. The molecule has 9 N–H and O–H groups in total. The molecule has 0 aliphatic carbocycles. The number of carbonyl (C=O) groups is 6. The van der Waals surface area contributed by atoms with Gasteiger partial charge in [0.1, 0.15) is 6.61 Å². The number of aromatic nitrogens is 1. The topological polar surface area (TPSA) is 260 Å². The van der Waals surface area contributed by atoms with Crippen LogP contribution >= 0.6 is 0 Å². The van der Waals surface area contributed by atoms with Crippen LogP contribution in [0.3, 0.4) is 0 Å². The van der Waals surface area contributed by atoms with Gasteiger partial charge in [-0.05, 0) is 56.7 Å². The van der Waals surface area contributed by atoms with E-state index in [4.69, 9.17) is 19.9 Å². The third-order valence-electron chi connectivity index (χ3n) is 10.4. The minimum atomic E-state index is -1.28. The van der Waals surface area contributed by atoms with Crippen LogP contribution < -0.4 is 27.0 Å². The van der Waals surface area contributed by atoms with Crippen LogP contribution in [0.1, 0.15) is 92.1 Å². The van der Waals surface area contributed by atoms with Crippen LogP contribution in [-0.2, 0) is 49.4 Å². The Morgan fingerprint density at radius 3 is 2.10 bits per heavy atom. The maximum atomic E-state index is 13.8. The van der Waals surface area contributed by atoms with Gasteiger partial charge in [-0.25, -0.2) is 0 Å². The summed E-state index contributed by atoms with van der Waals surface area (Å²) in [6.07, 6.45) is 1.99. The fourth-order valence-electron chi connectivity index (χ4n) is 6.87. The molecule has 0 saturated carbocycles. The second-order valence-corrected chi connectivity index (χ2v) is 16.4. The number of benzene rings is 1. The van der Waals surface area contributed by atoms with Gasteiger partial charge in [0.2, 0.25) is 17.7 Å². The number of nitrogens with two attached hydrogens (primary N) is 1. The SMILES string of the molecule is CCCC(=O)[C@H](Cc1c[nH]c2ccccc12)NC(=O)[C@@H](CC(=O)[C@@H](NC(=O)[C@H](CO)CC(=O)[C@H](CCCCN)NC(=O)COCCOCCOCCNC(C)C)C(C)C)[C@@H](C)O. The molecule has 1 aromatic heterocycles. The highest BCUT2D eigenvalue weighted by molar-refractivity contribution is 5.97. The number of carbonyl (C=O) groups excluding carboxylic acids is 6. The predicted molar refractivity (Wildman–Crippen MR) is 236 cm³/mol. The number of aromatic amines is 1. The third kappa shape index (κ3) is 19.9. The van der Waals surface area contributed by atoms with E-state index < -0.39 is 90.7 Å². The van der Waals surface area contributed by atoms with E-state index in [1.807, 2.05) is 31.2 Å². The highest BCUT2D eigenvalue weighted by Gasteiger charge is 2.35. The summed E-state index contributed by atoms with van der Waals surface area (Å²) in [5.74, 6) is -6.17. The summed E-state index contributed by atoms with van der Waals surface area (Å²) < 4.78 is 16.4. The molecule has 0 saturated heterocycles. The number of ketones is 3. The normalized spacial score (nSPS) is 14.6. The first-order valence-electron chi connectivity index (χ1n) is 22.1. The molecule has 1 aromatic carbocycles. The number of aliphatic hydroxyl groups is 2. The number of Topliss-reactive ketones (excluding diaryl/α,β-unsaturated/α-hetero) is 3. The third-order valence-corrected chi connectivity index (χ3v) is 10.4. The smallest absolute Gasteiger partial charge is 0.246 e. The maximum absolute atomic E-state index is 13.8. The van der Waals surface area contributed by atoms with E-state index in [1.54, 1.807) is 20.0 Å². The van der Waals surface area contributed by atoms with E-state index >= 15 is 0 Å². The zero-order valence-electron chi connectivity index (χ0n) is 37.7. The van der Waals surface area contributed by atoms with Crippen molar-refractivity contribution in [2.45, 2.75) is 123 Å². The molecule has 1 heterocycles. The average molecular weight is 875 g/mol. The minimum Gasteiger partial charge on any atom is -0.396 e. The fraction of sp³-hybridized carbons (Fsp3) is 0.689. The Kier molecular flexibility index (Phi) is 26.2. The van der Waals surface area contributed by atoms with Gasteiger partial charge in [0, 0.05) is 55.4 Å². The Morgan fingerprint density at radius 2 is 1.47 bits per heavy atom. The van der Waals surface area contributed by atoms with Crippen molar-refractivity contribution in [3.8, 4) is 0 Å². The number of ether oxygens (including phenoxy) is 3. The van der Waals surface area contributed by atoms with Crippen molar-refractivity contribution in [2.24, 2.45) is 23.5 Å². The molecule has 17 heteroatoms. The lowest BCUT2D eigenvalue weighted by atomic mass is 9.88. The van der Waals surface area contributed by atoms with Gasteiger partial charge >= 0.3 is 0 Å². The largest absolute Gasteiger partial charge is 0.396 e. The van der Waals surface area contributed by atoms with Crippen LogP contribution in [0.2, 0.25) is 0 Å². The number of unbranched alkanes of at least 4 members (excludes halogenated alkanes) is 1. The van der Waals surface area contributed by atoms with Gasteiger partial charge in [-0.3, -0.25) is 28.8 Å². The summed E-state index contributed by atoms with van der Waals surface area (Å²) in [6, 6.07) is 4.96. The number of para-hydroxylation sites is 1. The molecule has 62 heavy (non-hydrogen) atoms. The number of aliphatic hydroxyl groups excluding tert-OH is 2. The van der Waals surface area contributed by atoms with E-state index in [0.717, 1.165) is 23.0 Å². The molecule has 3 amide bonds. The van der Waals surface area contributed by atoms with Crippen LogP contribution in [0, 0.1) is 17.8 Å². The lowest BCUT2D eigenvalue weighted by molar-refractivity contribution is -0.138. The average Bonchev–Trinajstić information content (AvgIpc) is 3.64. The Bertz CT molecular complexity index is 1670. The number of H-pyrrole nitrogens is 1. The van der Waals surface area contributed by atoms with Gasteiger partial charge < -0.3 is 56.4 Å². The molecule has 0 aliphatic rings. The second kappa shape index (κ2) is 30.1. The van der Waals surface area contributed by atoms with E-state index in [9.17, 15) is 39.0 Å². The Labute approximate surface area is 366 Å². The number of hydrogen-bond acceptors (Lipinski definition) is 13. The molecule has 0 aliphatic heterocycles. The number of amides is 3. The highest BCUT2D eigenvalue weighted by Crippen LogP contribution is 2.22. The van der Waals surface area contributed by atoms with Crippen molar-refractivity contribution in [1.29, 1.82) is 0 Å². The monoisotopic (exact) mass is 875 g/mol. The van der Waals surface area contributed by atoms with Crippen LogP contribution in [0.4, 0.5) is 0 Å². The number of nitrogens with one attached hydrogen (secondary N) is 5. The molecule has 0 radical (unpaired) electrons. The summed E-state index contributed by atoms with van der Waals surface area (Å²) >= 11 is 0. The van der Waals surface area contributed by atoms with E-state index in [-0.39, 0.29) is 44.9 Å². The van der Waals surface area contributed by atoms with Crippen molar-refractivity contribution in [3.63, 3.8) is 0 Å². The molecular formula is C45H74N6O11. The van der Waals surface area contributed by atoms with Gasteiger partial charge in [-0.15, -0.1) is 0 Å². The summed E-state index contributed by atoms with van der Waals surface area (Å²) in [4.78, 5) is 83.8. The van der Waals surface area contributed by atoms with Gasteiger partial charge in [-0.1, -0.05) is 52.8 Å². The molecule has 0 unspecified atom stereocenters. The zero-order chi connectivity index (χ0) is 46.0. The molecule has 2 rings (SSSR count). The Balaban J connectivity index is 2.01. The summed E-state index contributed by atoms with van der Waals surface area (Å²) in [5, 5.41) is 33.3. The quantitative estimate of drug-likeness (QED) is 0.0461. The van der Waals surface area contributed by atoms with Crippen molar-refractivity contribution < 1.29 is 53.2 Å². The van der Waals surface area contributed by atoms with Crippen molar-refractivity contribution in [2.75, 3.05) is 59.3 Å². The molecule has 350 valence electrons. The molecule has 17 nitrogen and oxygen atoms in total. The number of rotatable bonds is 35. The first kappa shape index (κ1) is 54.0. The van der Waals surface area contributed by atoms with Crippen molar-refractivity contribution >= 4 is 46.0 Å². The molecule has 0 bridgehead atoms. The van der Waals surface area contributed by atoms with E-state index in [2.05, 4.69) is 40.1 Å². The van der Waals surface area contributed by atoms with Crippen LogP contribution in [0.25, 0.3) is 10.9 Å². The first-order valence-corrected chi connectivity index (χ1v) is 22.1. The van der Waals surface area contributed by atoms with Gasteiger partial charge in [-0.2, -0.15) is 0 Å². The summed E-state index contributed by atoms with van der Waals surface area (Å²) in [5.41, 5.74) is 7.37. The lowest BCUT2D eigenvalue weighted by Crippen LogP contribution is -2.51. The zero-order valence-corrected chi connectivity index (χ0v) is 37.7. The number of hydrogen-bond donors (Lipinski definition) is 8. The number of fused-ring (bicyclic) bond motifs is 1. The van der Waals surface area contributed by atoms with Crippen LogP contribution in [-0.4, -0.2) is 140 Å². The van der Waals surface area contributed by atoms with Crippen LogP contribution in [0.15, 0.2) is 30.5 Å². The first-order chi connectivity index (χ1) is 29.6. The van der Waals surface area contributed by atoms with Gasteiger partial charge in [0.25, 0.3) is 0 Å². The van der Waals surface area contributed by atoms with Crippen molar-refractivity contribution in [3.05, 3.63) is 36.0 Å². The molecule has 0 fully saturated rings. The van der Waals surface area contributed by atoms with E-state index in [1.165, 1.54) is 6.92 Å². The van der Waals surface area contributed by atoms with Crippen molar-refractivity contribution in [1.82, 2.24) is 26.3 Å². The molecule has 0 spiro atoms. The minimum absolute atomic E-state index is 0.143.